The lowest BCUT2D eigenvalue weighted by Gasteiger charge is -2.11. The standard InChI is InChI=1S/C16H12ClF3O2S/c17-13-3-1-9(7-12(13)16(18,19)20)5-11(23)6-10-2-4-14(21)15(22)8-10/h1-4,7-8,21-22H,5-6H2. The van der Waals surface area contributed by atoms with E-state index in [1.54, 1.807) is 6.07 Å². The number of alkyl halides is 3. The number of rotatable bonds is 4. The first-order valence-electron chi connectivity index (χ1n) is 6.55. The van der Waals surface area contributed by atoms with Crippen molar-refractivity contribution in [2.45, 2.75) is 19.0 Å². The molecule has 0 saturated heterocycles. The number of hydrogen-bond donors (Lipinski definition) is 2. The first-order chi connectivity index (χ1) is 10.7. The molecular weight excluding hydrogens is 349 g/mol. The first-order valence-corrected chi connectivity index (χ1v) is 7.33. The fourth-order valence-electron chi connectivity index (χ4n) is 2.10. The molecule has 0 aliphatic heterocycles. The number of phenols is 2. The molecule has 0 bridgehead atoms. The van der Waals surface area contributed by atoms with E-state index in [9.17, 15) is 23.4 Å². The molecule has 2 nitrogen and oxygen atoms in total. The molecule has 0 aromatic heterocycles. The lowest BCUT2D eigenvalue weighted by Crippen LogP contribution is -2.09. The van der Waals surface area contributed by atoms with Gasteiger partial charge in [0.25, 0.3) is 0 Å². The molecule has 23 heavy (non-hydrogen) atoms. The molecule has 0 aliphatic rings. The van der Waals surface area contributed by atoms with Gasteiger partial charge in [0.1, 0.15) is 0 Å². The van der Waals surface area contributed by atoms with Crippen LogP contribution >= 0.6 is 23.8 Å². The summed E-state index contributed by atoms with van der Waals surface area (Å²) in [5.74, 6) is -0.511. The SMILES string of the molecule is Oc1ccc(CC(=S)Cc2ccc(Cl)c(C(F)(F)F)c2)cc1O. The normalized spacial score (nSPS) is 11.5. The Kier molecular flexibility index (Phi) is 5.16. The minimum Gasteiger partial charge on any atom is -0.504 e. The van der Waals surface area contributed by atoms with E-state index < -0.39 is 11.7 Å². The Morgan fingerprint density at radius 3 is 2.09 bits per heavy atom. The highest BCUT2D eigenvalue weighted by Crippen LogP contribution is 2.35. The Morgan fingerprint density at radius 2 is 1.52 bits per heavy atom. The van der Waals surface area contributed by atoms with Gasteiger partial charge in [-0.15, -0.1) is 0 Å². The van der Waals surface area contributed by atoms with Crippen LogP contribution in [0.4, 0.5) is 13.2 Å². The molecule has 0 aliphatic carbocycles. The summed E-state index contributed by atoms with van der Waals surface area (Å²) in [7, 11) is 0. The number of thiocarbonyl (C=S) groups is 1. The van der Waals surface area contributed by atoms with Crippen LogP contribution < -0.4 is 0 Å². The van der Waals surface area contributed by atoms with Crippen molar-refractivity contribution in [1.29, 1.82) is 0 Å². The molecule has 122 valence electrons. The highest BCUT2D eigenvalue weighted by molar-refractivity contribution is 7.80. The zero-order chi connectivity index (χ0) is 17.2. The molecule has 0 unspecified atom stereocenters. The van der Waals surface area contributed by atoms with Crippen LogP contribution in [-0.4, -0.2) is 15.1 Å². The third kappa shape index (κ3) is 4.59. The summed E-state index contributed by atoms with van der Waals surface area (Å²) in [6.45, 7) is 0. The molecular formula is C16H12ClF3O2S. The predicted molar refractivity (Wildman–Crippen MR) is 86.2 cm³/mol. The average Bonchev–Trinajstić information content (AvgIpc) is 2.44. The number of hydrogen-bond acceptors (Lipinski definition) is 3. The zero-order valence-electron chi connectivity index (χ0n) is 11.7. The molecule has 2 aromatic rings. The van der Waals surface area contributed by atoms with Crippen molar-refractivity contribution in [1.82, 2.24) is 0 Å². The third-order valence-electron chi connectivity index (χ3n) is 3.18. The highest BCUT2D eigenvalue weighted by atomic mass is 35.5. The van der Waals surface area contributed by atoms with E-state index in [1.807, 2.05) is 0 Å². The summed E-state index contributed by atoms with van der Waals surface area (Å²) < 4.78 is 38.5. The van der Waals surface area contributed by atoms with E-state index in [4.69, 9.17) is 23.8 Å². The maximum Gasteiger partial charge on any atom is 0.417 e. The summed E-state index contributed by atoms with van der Waals surface area (Å²) in [4.78, 5) is 0.505. The van der Waals surface area contributed by atoms with Gasteiger partial charge in [-0.2, -0.15) is 13.2 Å². The number of phenolic OH excluding ortho intramolecular Hbond substituents is 2. The first kappa shape index (κ1) is 17.6. The van der Waals surface area contributed by atoms with Crippen molar-refractivity contribution in [3.05, 3.63) is 58.1 Å². The number of halogens is 4. The minimum atomic E-state index is -4.52. The summed E-state index contributed by atoms with van der Waals surface area (Å²) >= 11 is 10.8. The fourth-order valence-corrected chi connectivity index (χ4v) is 2.65. The molecule has 2 rings (SSSR count). The van der Waals surface area contributed by atoms with Crippen molar-refractivity contribution in [2.75, 3.05) is 0 Å². The van der Waals surface area contributed by atoms with Crippen LogP contribution in [0.5, 0.6) is 11.5 Å². The van der Waals surface area contributed by atoms with Gasteiger partial charge in [0.2, 0.25) is 0 Å². The van der Waals surface area contributed by atoms with E-state index in [0.717, 1.165) is 6.07 Å². The monoisotopic (exact) mass is 360 g/mol. The van der Waals surface area contributed by atoms with Gasteiger partial charge >= 0.3 is 6.18 Å². The number of benzene rings is 2. The summed E-state index contributed by atoms with van der Waals surface area (Å²) in [5.41, 5.74) is 0.187. The van der Waals surface area contributed by atoms with Crippen molar-refractivity contribution >= 4 is 28.7 Å². The van der Waals surface area contributed by atoms with Crippen LogP contribution in [0, 0.1) is 0 Å². The lowest BCUT2D eigenvalue weighted by atomic mass is 10.0. The maximum absolute atomic E-state index is 12.8. The molecule has 0 heterocycles. The number of aromatic hydroxyl groups is 2. The largest absolute Gasteiger partial charge is 0.504 e. The van der Waals surface area contributed by atoms with E-state index in [2.05, 4.69) is 0 Å². The summed E-state index contributed by atoms with van der Waals surface area (Å²) in [6.07, 6.45) is -4.04. The second-order valence-corrected chi connectivity index (χ2v) is 6.01. The van der Waals surface area contributed by atoms with Gasteiger partial charge in [-0.1, -0.05) is 36.0 Å². The molecule has 0 spiro atoms. The molecule has 0 atom stereocenters. The van der Waals surface area contributed by atoms with Gasteiger partial charge < -0.3 is 10.2 Å². The molecule has 0 radical (unpaired) electrons. The Bertz CT molecular complexity index is 745. The quantitative estimate of drug-likeness (QED) is 0.600. The average molecular weight is 361 g/mol. The highest BCUT2D eigenvalue weighted by Gasteiger charge is 2.33. The van der Waals surface area contributed by atoms with Crippen molar-refractivity contribution < 1.29 is 23.4 Å². The van der Waals surface area contributed by atoms with E-state index >= 15 is 0 Å². The van der Waals surface area contributed by atoms with Gasteiger partial charge in [-0.3, -0.25) is 0 Å². The molecule has 2 N–H and O–H groups in total. The van der Waals surface area contributed by atoms with Crippen LogP contribution in [0.3, 0.4) is 0 Å². The Morgan fingerprint density at radius 1 is 0.957 bits per heavy atom. The van der Waals surface area contributed by atoms with E-state index in [-0.39, 0.29) is 22.9 Å². The van der Waals surface area contributed by atoms with Crippen molar-refractivity contribution in [2.24, 2.45) is 0 Å². The van der Waals surface area contributed by atoms with Crippen LogP contribution in [0.25, 0.3) is 0 Å². The van der Waals surface area contributed by atoms with Crippen molar-refractivity contribution in [3.63, 3.8) is 0 Å². The third-order valence-corrected chi connectivity index (χ3v) is 3.80. The van der Waals surface area contributed by atoms with Gasteiger partial charge in [-0.05, 0) is 35.4 Å². The minimum absolute atomic E-state index is 0.178. The molecule has 0 fully saturated rings. The lowest BCUT2D eigenvalue weighted by molar-refractivity contribution is -0.137. The van der Waals surface area contributed by atoms with E-state index in [0.29, 0.717) is 22.4 Å². The fraction of sp³-hybridized carbons (Fsp3) is 0.188. The van der Waals surface area contributed by atoms with E-state index in [1.165, 1.54) is 24.3 Å². The Labute approximate surface area is 141 Å². The molecule has 0 saturated carbocycles. The van der Waals surface area contributed by atoms with Crippen LogP contribution in [0.2, 0.25) is 5.02 Å². The summed E-state index contributed by atoms with van der Waals surface area (Å²) in [5, 5.41) is 18.3. The van der Waals surface area contributed by atoms with Crippen LogP contribution in [0.1, 0.15) is 16.7 Å². The smallest absolute Gasteiger partial charge is 0.417 e. The van der Waals surface area contributed by atoms with Gasteiger partial charge in [-0.25, -0.2) is 0 Å². The van der Waals surface area contributed by atoms with Crippen molar-refractivity contribution in [3.8, 4) is 11.5 Å². The Hall–Kier alpha value is -1.79. The van der Waals surface area contributed by atoms with Crippen LogP contribution in [-0.2, 0) is 19.0 Å². The molecule has 2 aromatic carbocycles. The topological polar surface area (TPSA) is 40.5 Å². The Balaban J connectivity index is 2.12. The second-order valence-electron chi connectivity index (χ2n) is 5.03. The molecule has 0 amide bonds. The molecule has 7 heteroatoms. The van der Waals surface area contributed by atoms with Crippen LogP contribution in [0.15, 0.2) is 36.4 Å². The summed E-state index contributed by atoms with van der Waals surface area (Å²) in [6, 6.07) is 7.97. The van der Waals surface area contributed by atoms with Gasteiger partial charge in [0.05, 0.1) is 10.6 Å². The van der Waals surface area contributed by atoms with Gasteiger partial charge in [0.15, 0.2) is 11.5 Å². The maximum atomic E-state index is 12.8. The second kappa shape index (κ2) is 6.76. The van der Waals surface area contributed by atoms with Gasteiger partial charge in [0, 0.05) is 17.7 Å². The zero-order valence-corrected chi connectivity index (χ0v) is 13.3. The predicted octanol–water partition coefficient (Wildman–Crippen LogP) is 4.93.